The van der Waals surface area contributed by atoms with E-state index >= 15 is 0 Å². The van der Waals surface area contributed by atoms with Crippen LogP contribution in [0.2, 0.25) is 0 Å². The van der Waals surface area contributed by atoms with Gasteiger partial charge < -0.3 is 5.32 Å². The van der Waals surface area contributed by atoms with Crippen molar-refractivity contribution in [2.24, 2.45) is 0 Å². The van der Waals surface area contributed by atoms with Crippen LogP contribution >= 0.6 is 0 Å². The Balaban J connectivity index is 1.89. The number of rotatable bonds is 6. The molecule has 0 saturated carbocycles. The molecule has 0 unspecified atom stereocenters. The summed E-state index contributed by atoms with van der Waals surface area (Å²) in [5.74, 6) is 0. The van der Waals surface area contributed by atoms with Crippen LogP contribution in [-0.4, -0.2) is 12.1 Å². The molecule has 0 atom stereocenters. The average Bonchev–Trinajstić information content (AvgIpc) is 2.71. The molecule has 0 amide bonds. The molecule has 0 heterocycles. The van der Waals surface area contributed by atoms with E-state index < -0.39 is 0 Å². The van der Waals surface area contributed by atoms with Gasteiger partial charge in [0.15, 0.2) is 0 Å². The van der Waals surface area contributed by atoms with E-state index in [9.17, 15) is 0 Å². The number of fused-ring (bicyclic) bond motifs is 1. The molecule has 1 aromatic rings. The summed E-state index contributed by atoms with van der Waals surface area (Å²) in [5.41, 5.74) is 3.11. The lowest BCUT2D eigenvalue weighted by Crippen LogP contribution is -2.38. The Morgan fingerprint density at radius 1 is 1.06 bits per heavy atom. The van der Waals surface area contributed by atoms with E-state index in [4.69, 9.17) is 0 Å². The third-order valence-corrected chi connectivity index (χ3v) is 3.80. The highest BCUT2D eigenvalue weighted by Crippen LogP contribution is 2.22. The predicted molar refractivity (Wildman–Crippen MR) is 74.4 cm³/mol. The highest BCUT2D eigenvalue weighted by Gasteiger charge is 2.22. The van der Waals surface area contributed by atoms with E-state index in [-0.39, 0.29) is 0 Å². The van der Waals surface area contributed by atoms with Crippen molar-refractivity contribution < 1.29 is 0 Å². The summed E-state index contributed by atoms with van der Waals surface area (Å²) < 4.78 is 0. The Labute approximate surface area is 106 Å². The molecular weight excluding hydrogens is 206 g/mol. The van der Waals surface area contributed by atoms with Crippen molar-refractivity contribution >= 4 is 0 Å². The molecule has 1 N–H and O–H groups in total. The summed E-state index contributed by atoms with van der Waals surface area (Å²) >= 11 is 0. The largest absolute Gasteiger partial charge is 0.311 e. The summed E-state index contributed by atoms with van der Waals surface area (Å²) in [4.78, 5) is 0. The minimum Gasteiger partial charge on any atom is -0.311 e. The summed E-state index contributed by atoms with van der Waals surface area (Å²) in [6, 6.07) is 10.3. The van der Waals surface area contributed by atoms with Crippen molar-refractivity contribution in [3.8, 4) is 0 Å². The lowest BCUT2D eigenvalue weighted by Gasteiger charge is -2.22. The van der Waals surface area contributed by atoms with E-state index in [1.54, 1.807) is 11.1 Å². The normalized spacial score (nSPS) is 15.5. The van der Waals surface area contributed by atoms with Gasteiger partial charge in [0.25, 0.3) is 0 Å². The Kier molecular flexibility index (Phi) is 4.61. The van der Waals surface area contributed by atoms with Crippen LogP contribution in [0.3, 0.4) is 0 Å². The maximum atomic E-state index is 3.86. The van der Waals surface area contributed by atoms with Crippen LogP contribution in [0, 0.1) is 0 Å². The zero-order valence-electron chi connectivity index (χ0n) is 11.2. The predicted octanol–water partition coefficient (Wildman–Crippen LogP) is 3.71. The standard InChI is InChI=1S/C16H25N/c1-3-7-15(8-4-2)17-16-11-13-9-5-6-10-14(13)12-16/h5-6,9-10,15-17H,3-4,7-8,11-12H2,1-2H3. The van der Waals surface area contributed by atoms with Gasteiger partial charge >= 0.3 is 0 Å². The molecule has 1 nitrogen and oxygen atoms in total. The van der Waals surface area contributed by atoms with E-state index in [0.29, 0.717) is 6.04 Å². The van der Waals surface area contributed by atoms with Gasteiger partial charge in [-0.05, 0) is 36.8 Å². The van der Waals surface area contributed by atoms with Gasteiger partial charge in [0.2, 0.25) is 0 Å². The zero-order valence-corrected chi connectivity index (χ0v) is 11.2. The SMILES string of the molecule is CCCC(CCC)NC1Cc2ccccc2C1. The molecule has 0 spiro atoms. The summed E-state index contributed by atoms with van der Waals surface area (Å²) in [6.07, 6.45) is 7.66. The first-order valence-corrected chi connectivity index (χ1v) is 7.16. The molecule has 0 fully saturated rings. The lowest BCUT2D eigenvalue weighted by molar-refractivity contribution is 0.389. The van der Waals surface area contributed by atoms with Crippen LogP contribution in [-0.2, 0) is 12.8 Å². The van der Waals surface area contributed by atoms with Crippen molar-refractivity contribution in [1.29, 1.82) is 0 Å². The Hall–Kier alpha value is -0.820. The van der Waals surface area contributed by atoms with Gasteiger partial charge in [-0.15, -0.1) is 0 Å². The second kappa shape index (κ2) is 6.20. The van der Waals surface area contributed by atoms with E-state index in [1.807, 2.05) is 0 Å². The monoisotopic (exact) mass is 231 g/mol. The van der Waals surface area contributed by atoms with E-state index in [2.05, 4.69) is 43.4 Å². The second-order valence-electron chi connectivity index (χ2n) is 5.31. The molecule has 0 radical (unpaired) electrons. The fraction of sp³-hybridized carbons (Fsp3) is 0.625. The molecule has 17 heavy (non-hydrogen) atoms. The van der Waals surface area contributed by atoms with Gasteiger partial charge in [0.05, 0.1) is 0 Å². The fourth-order valence-corrected chi connectivity index (χ4v) is 3.02. The highest BCUT2D eigenvalue weighted by molar-refractivity contribution is 5.33. The van der Waals surface area contributed by atoms with Crippen LogP contribution < -0.4 is 5.32 Å². The molecule has 94 valence electrons. The van der Waals surface area contributed by atoms with Crippen LogP contribution in [0.25, 0.3) is 0 Å². The van der Waals surface area contributed by atoms with Crippen molar-refractivity contribution in [3.63, 3.8) is 0 Å². The van der Waals surface area contributed by atoms with Crippen LogP contribution in [0.1, 0.15) is 50.7 Å². The summed E-state index contributed by atoms with van der Waals surface area (Å²) in [6.45, 7) is 4.57. The van der Waals surface area contributed by atoms with Gasteiger partial charge in [-0.3, -0.25) is 0 Å². The molecule has 0 bridgehead atoms. The third kappa shape index (κ3) is 3.32. The maximum absolute atomic E-state index is 3.86. The fourth-order valence-electron chi connectivity index (χ4n) is 3.02. The average molecular weight is 231 g/mol. The maximum Gasteiger partial charge on any atom is 0.0151 e. The highest BCUT2D eigenvalue weighted by atomic mass is 15.0. The number of nitrogens with one attached hydrogen (secondary N) is 1. The zero-order chi connectivity index (χ0) is 12.1. The molecule has 1 aliphatic rings. The van der Waals surface area contributed by atoms with Gasteiger partial charge in [-0.2, -0.15) is 0 Å². The van der Waals surface area contributed by atoms with Gasteiger partial charge in [0, 0.05) is 12.1 Å². The quantitative estimate of drug-likeness (QED) is 0.787. The lowest BCUT2D eigenvalue weighted by atomic mass is 10.0. The molecule has 0 aliphatic heterocycles. The topological polar surface area (TPSA) is 12.0 Å². The first kappa shape index (κ1) is 12.6. The van der Waals surface area contributed by atoms with Crippen LogP contribution in [0.15, 0.2) is 24.3 Å². The van der Waals surface area contributed by atoms with E-state index in [1.165, 1.54) is 38.5 Å². The Morgan fingerprint density at radius 2 is 1.59 bits per heavy atom. The van der Waals surface area contributed by atoms with Crippen molar-refractivity contribution in [2.75, 3.05) is 0 Å². The number of hydrogen-bond donors (Lipinski definition) is 1. The van der Waals surface area contributed by atoms with E-state index in [0.717, 1.165) is 6.04 Å². The first-order chi connectivity index (χ1) is 8.33. The number of hydrogen-bond acceptors (Lipinski definition) is 1. The molecular formula is C16H25N. The smallest absolute Gasteiger partial charge is 0.0151 e. The minimum absolute atomic E-state index is 0.676. The molecule has 1 aromatic carbocycles. The molecule has 1 aliphatic carbocycles. The van der Waals surface area contributed by atoms with Crippen LogP contribution in [0.4, 0.5) is 0 Å². The molecule has 1 heteroatoms. The molecule has 0 saturated heterocycles. The van der Waals surface area contributed by atoms with Gasteiger partial charge in [-0.25, -0.2) is 0 Å². The van der Waals surface area contributed by atoms with Gasteiger partial charge in [0.1, 0.15) is 0 Å². The van der Waals surface area contributed by atoms with Crippen molar-refractivity contribution in [2.45, 2.75) is 64.5 Å². The van der Waals surface area contributed by atoms with Crippen LogP contribution in [0.5, 0.6) is 0 Å². The Morgan fingerprint density at radius 3 is 2.06 bits per heavy atom. The number of benzene rings is 1. The molecule has 0 aromatic heterocycles. The minimum atomic E-state index is 0.676. The Bertz CT molecular complexity index is 314. The van der Waals surface area contributed by atoms with Crippen molar-refractivity contribution in [3.05, 3.63) is 35.4 Å². The first-order valence-electron chi connectivity index (χ1n) is 7.16. The second-order valence-corrected chi connectivity index (χ2v) is 5.31. The molecule has 2 rings (SSSR count). The van der Waals surface area contributed by atoms with Crippen molar-refractivity contribution in [1.82, 2.24) is 5.32 Å². The summed E-state index contributed by atoms with van der Waals surface area (Å²) in [5, 5.41) is 3.86. The van der Waals surface area contributed by atoms with Gasteiger partial charge in [-0.1, -0.05) is 51.0 Å². The third-order valence-electron chi connectivity index (χ3n) is 3.80. The summed E-state index contributed by atoms with van der Waals surface area (Å²) in [7, 11) is 0.